The molecular formula is C41H72N2. The molecule has 1 aromatic carbocycles. The van der Waals surface area contributed by atoms with Crippen molar-refractivity contribution in [3.8, 4) is 0 Å². The maximum atomic E-state index is 4.18. The molecule has 0 amide bonds. The van der Waals surface area contributed by atoms with Crippen LogP contribution in [-0.4, -0.2) is 19.6 Å². The van der Waals surface area contributed by atoms with Gasteiger partial charge in [0.2, 0.25) is 0 Å². The van der Waals surface area contributed by atoms with Crippen LogP contribution in [0, 0.1) is 11.8 Å². The van der Waals surface area contributed by atoms with Gasteiger partial charge in [0, 0.05) is 31.0 Å². The van der Waals surface area contributed by atoms with E-state index in [1.54, 1.807) is 0 Å². The zero-order chi connectivity index (χ0) is 32.6. The second-order valence-corrected chi connectivity index (χ2v) is 13.3. The first-order valence-corrected chi connectivity index (χ1v) is 17.8. The lowest BCUT2D eigenvalue weighted by atomic mass is 9.91. The van der Waals surface area contributed by atoms with E-state index in [2.05, 4.69) is 104 Å². The molecule has 43 heavy (non-hydrogen) atoms. The highest BCUT2D eigenvalue weighted by Crippen LogP contribution is 2.32. The number of nitrogens with zero attached hydrogens (tertiary/aromatic N) is 1. The second kappa shape index (κ2) is 25.1. The quantitative estimate of drug-likeness (QED) is 0.203. The number of anilines is 1. The minimum Gasteiger partial charge on any atom is -0.389 e. The third-order valence-corrected chi connectivity index (χ3v) is 8.45. The first-order valence-electron chi connectivity index (χ1n) is 17.8. The maximum Gasteiger partial charge on any atom is 0.0372 e. The van der Waals surface area contributed by atoms with E-state index in [1.165, 1.54) is 111 Å². The Morgan fingerprint density at radius 2 is 1.33 bits per heavy atom. The van der Waals surface area contributed by atoms with E-state index in [-0.39, 0.29) is 0 Å². The zero-order valence-electron chi connectivity index (χ0n) is 30.3. The molecule has 1 N–H and O–H groups in total. The molecule has 2 heteroatoms. The Hall–Kier alpha value is -2.22. The monoisotopic (exact) mass is 593 g/mol. The fourth-order valence-electron chi connectivity index (χ4n) is 5.45. The van der Waals surface area contributed by atoms with Crippen LogP contribution in [0.2, 0.25) is 0 Å². The smallest absolute Gasteiger partial charge is 0.0372 e. The molecule has 1 heterocycles. The van der Waals surface area contributed by atoms with Crippen molar-refractivity contribution >= 4 is 16.8 Å². The number of benzene rings is 1. The van der Waals surface area contributed by atoms with Crippen LogP contribution < -0.4 is 10.2 Å². The summed E-state index contributed by atoms with van der Waals surface area (Å²) in [6.45, 7) is 35.0. The van der Waals surface area contributed by atoms with Gasteiger partial charge in [-0.2, -0.15) is 0 Å². The van der Waals surface area contributed by atoms with Crippen molar-refractivity contribution in [1.29, 1.82) is 0 Å². The number of unbranched alkanes of at least 4 members (excludes halogenated alkanes) is 4. The molecule has 0 spiro atoms. The average Bonchev–Trinajstić information content (AvgIpc) is 2.98. The van der Waals surface area contributed by atoms with Gasteiger partial charge in [0.15, 0.2) is 0 Å². The van der Waals surface area contributed by atoms with Crippen LogP contribution >= 0.6 is 0 Å². The molecule has 0 aromatic heterocycles. The van der Waals surface area contributed by atoms with Crippen LogP contribution in [0.5, 0.6) is 0 Å². The van der Waals surface area contributed by atoms with Gasteiger partial charge >= 0.3 is 0 Å². The summed E-state index contributed by atoms with van der Waals surface area (Å²) >= 11 is 0. The molecule has 1 saturated heterocycles. The van der Waals surface area contributed by atoms with Crippen LogP contribution in [0.1, 0.15) is 157 Å². The molecular weight excluding hydrogens is 520 g/mol. The molecule has 0 bridgehead atoms. The summed E-state index contributed by atoms with van der Waals surface area (Å²) in [6.07, 6.45) is 20.0. The molecule has 2 aliphatic rings. The van der Waals surface area contributed by atoms with E-state index in [1.807, 2.05) is 13.0 Å². The average molecular weight is 593 g/mol. The summed E-state index contributed by atoms with van der Waals surface area (Å²) in [5.41, 5.74) is 8.50. The largest absolute Gasteiger partial charge is 0.389 e. The summed E-state index contributed by atoms with van der Waals surface area (Å²) in [7, 11) is 0. The molecule has 1 aliphatic heterocycles. The van der Waals surface area contributed by atoms with Crippen molar-refractivity contribution in [3.63, 3.8) is 0 Å². The summed E-state index contributed by atoms with van der Waals surface area (Å²) in [5.74, 6) is 1.89. The highest BCUT2D eigenvalue weighted by atomic mass is 15.1. The number of piperidine rings is 1. The van der Waals surface area contributed by atoms with Crippen LogP contribution in [0.25, 0.3) is 11.1 Å². The third kappa shape index (κ3) is 18.9. The van der Waals surface area contributed by atoms with Gasteiger partial charge in [-0.1, -0.05) is 142 Å². The minimum absolute atomic E-state index is 0.856. The highest BCUT2D eigenvalue weighted by molar-refractivity contribution is 5.85. The van der Waals surface area contributed by atoms with Crippen LogP contribution in [0.3, 0.4) is 0 Å². The van der Waals surface area contributed by atoms with Gasteiger partial charge in [0.25, 0.3) is 0 Å². The molecule has 1 aliphatic carbocycles. The maximum absolute atomic E-state index is 4.18. The fraction of sp³-hybridized carbons (Fsp3) is 0.659. The van der Waals surface area contributed by atoms with Gasteiger partial charge in [-0.3, -0.25) is 0 Å². The first-order chi connectivity index (χ1) is 20.5. The summed E-state index contributed by atoms with van der Waals surface area (Å²) in [6, 6.07) is 6.80. The van der Waals surface area contributed by atoms with E-state index < -0.39 is 0 Å². The molecule has 2 nitrogen and oxygen atoms in total. The van der Waals surface area contributed by atoms with Gasteiger partial charge < -0.3 is 10.2 Å². The lowest BCUT2D eigenvalue weighted by Gasteiger charge is -2.32. The molecule has 3 rings (SSSR count). The summed E-state index contributed by atoms with van der Waals surface area (Å²) < 4.78 is 0. The SMILES string of the molecule is C=C(C)NCCCC.C=CC(=C(C)C)c1ccc(N2CCC(C)CC2)cc1C(=C)C.CC1CCCCC1.CCCCCC. The molecule has 1 saturated carbocycles. The highest BCUT2D eigenvalue weighted by Gasteiger charge is 2.18. The van der Waals surface area contributed by atoms with Gasteiger partial charge in [0.05, 0.1) is 0 Å². The predicted molar refractivity (Wildman–Crippen MR) is 200 cm³/mol. The Labute approximate surface area is 270 Å². The fourth-order valence-corrected chi connectivity index (χ4v) is 5.45. The molecule has 246 valence electrons. The number of allylic oxidation sites excluding steroid dienone is 5. The Balaban J connectivity index is 0.000000682. The van der Waals surface area contributed by atoms with Crippen molar-refractivity contribution < 1.29 is 0 Å². The summed E-state index contributed by atoms with van der Waals surface area (Å²) in [4.78, 5) is 2.51. The molecule has 1 aromatic rings. The van der Waals surface area contributed by atoms with E-state index in [9.17, 15) is 0 Å². The van der Waals surface area contributed by atoms with Crippen molar-refractivity contribution in [3.05, 3.63) is 66.4 Å². The lowest BCUT2D eigenvalue weighted by Crippen LogP contribution is -2.32. The van der Waals surface area contributed by atoms with Crippen LogP contribution in [0.4, 0.5) is 5.69 Å². The van der Waals surface area contributed by atoms with Gasteiger partial charge in [-0.05, 0) is 87.6 Å². The Bertz CT molecular complexity index is 915. The standard InChI is InChI=1S/C21H29N.C7H15N.C7H14.C6H14/c1-7-19(15(2)3)20-9-8-18(14-21(20)16(4)5)22-12-10-17(6)11-13-22;1-4-5-6-8-7(2)3;1-7-5-3-2-4-6-7;1-3-5-6-4-2/h7-9,14,17H,1,4,10-13H2,2-3,5-6H3;8H,2,4-6H2,1,3H3;7H,2-6H2,1H3;3-6H2,1-2H3. The van der Waals surface area contributed by atoms with Crippen molar-refractivity contribution in [2.24, 2.45) is 11.8 Å². The predicted octanol–water partition coefficient (Wildman–Crippen LogP) is 13.0. The second-order valence-electron chi connectivity index (χ2n) is 13.3. The van der Waals surface area contributed by atoms with E-state index in [4.69, 9.17) is 0 Å². The Morgan fingerprint density at radius 1 is 0.791 bits per heavy atom. The van der Waals surface area contributed by atoms with Crippen molar-refractivity contribution in [1.82, 2.24) is 5.32 Å². The van der Waals surface area contributed by atoms with Crippen LogP contribution in [-0.2, 0) is 0 Å². The number of rotatable bonds is 11. The summed E-state index contributed by atoms with van der Waals surface area (Å²) in [5, 5.41) is 3.15. The van der Waals surface area contributed by atoms with Gasteiger partial charge in [-0.25, -0.2) is 0 Å². The normalized spacial score (nSPS) is 15.0. The van der Waals surface area contributed by atoms with Gasteiger partial charge in [0.1, 0.15) is 0 Å². The number of hydrogen-bond donors (Lipinski definition) is 1. The van der Waals surface area contributed by atoms with Crippen molar-refractivity contribution in [2.75, 3.05) is 24.5 Å². The van der Waals surface area contributed by atoms with E-state index in [0.717, 1.165) is 42.7 Å². The third-order valence-electron chi connectivity index (χ3n) is 8.45. The topological polar surface area (TPSA) is 15.3 Å². The lowest BCUT2D eigenvalue weighted by molar-refractivity contribution is 0.385. The number of nitrogens with one attached hydrogen (secondary N) is 1. The van der Waals surface area contributed by atoms with Crippen molar-refractivity contribution in [2.45, 2.75) is 146 Å². The Morgan fingerprint density at radius 3 is 1.72 bits per heavy atom. The van der Waals surface area contributed by atoms with Gasteiger partial charge in [-0.15, -0.1) is 0 Å². The first kappa shape index (κ1) is 40.8. The molecule has 0 radical (unpaired) electrons. The molecule has 0 unspecified atom stereocenters. The Kier molecular flexibility index (Phi) is 23.8. The number of hydrogen-bond acceptors (Lipinski definition) is 2. The molecule has 0 atom stereocenters. The van der Waals surface area contributed by atoms with E-state index >= 15 is 0 Å². The zero-order valence-corrected chi connectivity index (χ0v) is 30.3. The van der Waals surface area contributed by atoms with Crippen LogP contribution in [0.15, 0.2) is 55.3 Å². The molecule has 2 fully saturated rings. The van der Waals surface area contributed by atoms with E-state index in [0.29, 0.717) is 0 Å². The minimum atomic E-state index is 0.856.